The zero-order valence-corrected chi connectivity index (χ0v) is 21.3. The Morgan fingerprint density at radius 2 is 1.65 bits per heavy atom. The van der Waals surface area contributed by atoms with Gasteiger partial charge in [-0.05, 0) is 68.1 Å². The molecule has 4 N–H and O–H groups in total. The standard InChI is InChI=1S/C23H31Cl2N5O3S/c1-17(27)12-18(2-5-26)16-28-6-3-19(4-7-28)23(31)29-8-10-30(11-9-29)34(32,33)22-14-20(24)13-21(25)15-22/h2,5,12-15,19H,1,3-4,6-11,16,26-27H2/b5-2-,18-12+. The summed E-state index contributed by atoms with van der Waals surface area (Å²) < 4.78 is 27.3. The van der Waals surface area contributed by atoms with E-state index in [1.54, 1.807) is 17.1 Å². The highest BCUT2D eigenvalue weighted by Gasteiger charge is 2.34. The SMILES string of the molecule is C=C(N)/C=C(\C=C/N)CN1CCC(C(=O)N2CCN(S(=O)(=O)c3cc(Cl)cc(Cl)c3)CC2)CC1. The molecule has 8 nitrogen and oxygen atoms in total. The Morgan fingerprint density at radius 3 is 2.18 bits per heavy atom. The third kappa shape index (κ3) is 6.76. The molecule has 1 aromatic carbocycles. The maximum Gasteiger partial charge on any atom is 0.243 e. The third-order valence-corrected chi connectivity index (χ3v) is 8.36. The number of sulfonamides is 1. The average Bonchev–Trinajstić information content (AvgIpc) is 2.78. The fourth-order valence-corrected chi connectivity index (χ4v) is 6.49. The third-order valence-electron chi connectivity index (χ3n) is 6.05. The van der Waals surface area contributed by atoms with Gasteiger partial charge in [-0.2, -0.15) is 4.31 Å². The molecule has 1 amide bonds. The molecule has 0 radical (unpaired) electrons. The van der Waals surface area contributed by atoms with Crippen LogP contribution in [0, 0.1) is 5.92 Å². The molecule has 3 rings (SSSR count). The van der Waals surface area contributed by atoms with Crippen molar-refractivity contribution in [1.82, 2.24) is 14.1 Å². The van der Waals surface area contributed by atoms with E-state index in [0.29, 0.717) is 25.3 Å². The van der Waals surface area contributed by atoms with Crippen molar-refractivity contribution < 1.29 is 13.2 Å². The fourth-order valence-electron chi connectivity index (χ4n) is 4.34. The molecule has 0 unspecified atom stereocenters. The number of carbonyl (C=O) groups excluding carboxylic acids is 1. The van der Waals surface area contributed by atoms with Crippen molar-refractivity contribution in [3.8, 4) is 0 Å². The molecular weight excluding hydrogens is 497 g/mol. The Bertz CT molecular complexity index is 1050. The van der Waals surface area contributed by atoms with Gasteiger partial charge in [0.05, 0.1) is 4.90 Å². The van der Waals surface area contributed by atoms with Gasteiger partial charge < -0.3 is 16.4 Å². The predicted octanol–water partition coefficient (Wildman–Crippen LogP) is 2.41. The van der Waals surface area contributed by atoms with Crippen LogP contribution >= 0.6 is 23.2 Å². The minimum absolute atomic E-state index is 0.0619. The predicted molar refractivity (Wildman–Crippen MR) is 136 cm³/mol. The number of nitrogens with zero attached hydrogens (tertiary/aromatic N) is 3. The molecule has 2 fully saturated rings. The van der Waals surface area contributed by atoms with Gasteiger partial charge in [0.2, 0.25) is 15.9 Å². The first kappa shape index (κ1) is 26.6. The van der Waals surface area contributed by atoms with Gasteiger partial charge in [-0.3, -0.25) is 9.69 Å². The maximum absolute atomic E-state index is 13.1. The molecule has 0 aromatic heterocycles. The highest BCUT2D eigenvalue weighted by molar-refractivity contribution is 7.89. The van der Waals surface area contributed by atoms with Crippen LogP contribution in [0.4, 0.5) is 0 Å². The van der Waals surface area contributed by atoms with E-state index < -0.39 is 10.0 Å². The van der Waals surface area contributed by atoms with Crippen LogP contribution in [0.25, 0.3) is 0 Å². The number of benzene rings is 1. The molecule has 2 aliphatic heterocycles. The molecule has 0 aliphatic carbocycles. The van der Waals surface area contributed by atoms with Crippen LogP contribution in [-0.2, 0) is 14.8 Å². The minimum atomic E-state index is -3.73. The first-order valence-corrected chi connectivity index (χ1v) is 13.3. The maximum atomic E-state index is 13.1. The number of carbonyl (C=O) groups is 1. The van der Waals surface area contributed by atoms with E-state index in [4.69, 9.17) is 34.7 Å². The summed E-state index contributed by atoms with van der Waals surface area (Å²) >= 11 is 12.0. The van der Waals surface area contributed by atoms with E-state index in [9.17, 15) is 13.2 Å². The van der Waals surface area contributed by atoms with Crippen molar-refractivity contribution in [1.29, 1.82) is 0 Å². The van der Waals surface area contributed by atoms with Gasteiger partial charge in [-0.25, -0.2) is 8.42 Å². The zero-order valence-electron chi connectivity index (χ0n) is 19.0. The topological polar surface area (TPSA) is 113 Å². The van der Waals surface area contributed by atoms with Crippen LogP contribution < -0.4 is 11.5 Å². The number of allylic oxidation sites excluding steroid dienone is 1. The molecule has 0 saturated carbocycles. The number of halogens is 2. The summed E-state index contributed by atoms with van der Waals surface area (Å²) in [5.74, 6) is 0.0311. The van der Waals surface area contributed by atoms with Crippen molar-refractivity contribution in [3.05, 3.63) is 64.4 Å². The van der Waals surface area contributed by atoms with E-state index in [1.807, 2.05) is 0 Å². The van der Waals surface area contributed by atoms with E-state index >= 15 is 0 Å². The second-order valence-electron chi connectivity index (χ2n) is 8.54. The number of likely N-dealkylation sites (tertiary alicyclic amines) is 1. The Labute approximate surface area is 211 Å². The Kier molecular flexibility index (Phi) is 9.06. The van der Waals surface area contributed by atoms with Gasteiger partial charge in [-0.1, -0.05) is 29.8 Å². The highest BCUT2D eigenvalue weighted by atomic mass is 35.5. The monoisotopic (exact) mass is 527 g/mol. The summed E-state index contributed by atoms with van der Waals surface area (Å²) in [6.07, 6.45) is 6.58. The molecule has 34 heavy (non-hydrogen) atoms. The average molecular weight is 529 g/mol. The second-order valence-corrected chi connectivity index (χ2v) is 11.3. The van der Waals surface area contributed by atoms with E-state index in [1.165, 1.54) is 28.7 Å². The second kappa shape index (κ2) is 11.6. The largest absolute Gasteiger partial charge is 0.405 e. The number of hydrogen-bond donors (Lipinski definition) is 2. The molecule has 11 heteroatoms. The Balaban J connectivity index is 1.53. The highest BCUT2D eigenvalue weighted by Crippen LogP contribution is 2.26. The van der Waals surface area contributed by atoms with Gasteiger partial charge in [0.25, 0.3) is 0 Å². The lowest BCUT2D eigenvalue weighted by Crippen LogP contribution is -2.52. The Hall–Kier alpha value is -2.04. The molecule has 0 bridgehead atoms. The van der Waals surface area contributed by atoms with Crippen molar-refractivity contribution in [2.75, 3.05) is 45.8 Å². The quantitative estimate of drug-likeness (QED) is 0.526. The molecule has 0 spiro atoms. The minimum Gasteiger partial charge on any atom is -0.405 e. The van der Waals surface area contributed by atoms with Crippen LogP contribution in [0.5, 0.6) is 0 Å². The lowest BCUT2D eigenvalue weighted by atomic mass is 9.94. The lowest BCUT2D eigenvalue weighted by Gasteiger charge is -2.38. The number of nitrogens with two attached hydrogens (primary N) is 2. The van der Waals surface area contributed by atoms with Crippen molar-refractivity contribution in [2.24, 2.45) is 17.4 Å². The zero-order chi connectivity index (χ0) is 24.9. The smallest absolute Gasteiger partial charge is 0.243 e. The summed E-state index contributed by atoms with van der Waals surface area (Å²) in [6, 6.07) is 4.27. The molecule has 2 saturated heterocycles. The van der Waals surface area contributed by atoms with Crippen LogP contribution in [0.3, 0.4) is 0 Å². The number of piperidine rings is 1. The van der Waals surface area contributed by atoms with E-state index in [0.717, 1.165) is 31.5 Å². The number of amides is 1. The Morgan fingerprint density at radius 1 is 1.06 bits per heavy atom. The molecular formula is C23H31Cl2N5O3S. The van der Waals surface area contributed by atoms with Crippen molar-refractivity contribution >= 4 is 39.1 Å². The molecule has 2 heterocycles. The number of hydrogen-bond acceptors (Lipinski definition) is 6. The van der Waals surface area contributed by atoms with E-state index in [-0.39, 0.29) is 39.9 Å². The molecule has 186 valence electrons. The van der Waals surface area contributed by atoms with Gasteiger partial charge in [0.1, 0.15) is 0 Å². The van der Waals surface area contributed by atoms with Crippen LogP contribution in [0.2, 0.25) is 10.0 Å². The van der Waals surface area contributed by atoms with Crippen LogP contribution in [0.1, 0.15) is 12.8 Å². The molecule has 2 aliphatic rings. The molecule has 1 aromatic rings. The van der Waals surface area contributed by atoms with Gasteiger partial charge in [-0.15, -0.1) is 0 Å². The van der Waals surface area contributed by atoms with Gasteiger partial charge in [0, 0.05) is 54.4 Å². The summed E-state index contributed by atoms with van der Waals surface area (Å²) in [6.45, 7) is 7.16. The van der Waals surface area contributed by atoms with Crippen molar-refractivity contribution in [2.45, 2.75) is 17.7 Å². The van der Waals surface area contributed by atoms with Crippen LogP contribution in [-0.4, -0.2) is 74.2 Å². The first-order valence-electron chi connectivity index (χ1n) is 11.1. The van der Waals surface area contributed by atoms with Crippen molar-refractivity contribution in [3.63, 3.8) is 0 Å². The van der Waals surface area contributed by atoms with Gasteiger partial charge in [0.15, 0.2) is 0 Å². The number of piperazine rings is 1. The summed E-state index contributed by atoms with van der Waals surface area (Å²) in [5, 5.41) is 0.529. The lowest BCUT2D eigenvalue weighted by molar-refractivity contribution is -0.138. The van der Waals surface area contributed by atoms with E-state index in [2.05, 4.69) is 11.5 Å². The first-order chi connectivity index (χ1) is 16.1. The van der Waals surface area contributed by atoms with Crippen LogP contribution in [0.15, 0.2) is 59.3 Å². The normalized spacial score (nSPS) is 19.6. The summed E-state index contributed by atoms with van der Waals surface area (Å²) in [4.78, 5) is 17.2. The molecule has 0 atom stereocenters. The van der Waals surface area contributed by atoms with Gasteiger partial charge >= 0.3 is 0 Å². The summed E-state index contributed by atoms with van der Waals surface area (Å²) in [5.41, 5.74) is 12.7. The fraction of sp³-hybridized carbons (Fsp3) is 0.435. The number of rotatable bonds is 7. The summed E-state index contributed by atoms with van der Waals surface area (Å²) in [7, 11) is -3.73.